The van der Waals surface area contributed by atoms with Gasteiger partial charge in [-0.2, -0.15) is 0 Å². The van der Waals surface area contributed by atoms with Gasteiger partial charge in [-0.1, -0.05) is 0 Å². The largest absolute Gasteiger partial charge is 0.457 e. The molecule has 2 aromatic rings. The first-order valence-corrected chi connectivity index (χ1v) is 6.67. The third kappa shape index (κ3) is 3.91. The molecule has 0 atom stereocenters. The Balaban J connectivity index is 1.99. The molecular weight excluding hydrogens is 236 g/mol. The van der Waals surface area contributed by atoms with Crippen molar-refractivity contribution in [1.29, 1.82) is 0 Å². The molecule has 2 N–H and O–H groups in total. The summed E-state index contributed by atoms with van der Waals surface area (Å²) in [4.78, 5) is 0. The zero-order chi connectivity index (χ0) is 13.5. The van der Waals surface area contributed by atoms with Crippen molar-refractivity contribution in [2.45, 2.75) is 13.8 Å². The molecule has 0 saturated carbocycles. The predicted molar refractivity (Wildman–Crippen MR) is 81.3 cm³/mol. The topological polar surface area (TPSA) is 33.3 Å². The Morgan fingerprint density at radius 3 is 1.37 bits per heavy atom. The van der Waals surface area contributed by atoms with Gasteiger partial charge in [-0.3, -0.25) is 0 Å². The smallest absolute Gasteiger partial charge is 0.127 e. The SMILES string of the molecule is CCNc1ccc(Oc2ccc(NCC)cc2)cc1. The molecule has 3 nitrogen and oxygen atoms in total. The number of benzene rings is 2. The normalized spacial score (nSPS) is 10.0. The Kier molecular flexibility index (Phi) is 4.67. The van der Waals surface area contributed by atoms with Crippen LogP contribution in [0.3, 0.4) is 0 Å². The van der Waals surface area contributed by atoms with Crippen LogP contribution in [-0.2, 0) is 0 Å². The first kappa shape index (κ1) is 13.3. The van der Waals surface area contributed by atoms with E-state index in [4.69, 9.17) is 4.74 Å². The summed E-state index contributed by atoms with van der Waals surface area (Å²) in [5, 5.41) is 6.51. The Morgan fingerprint density at radius 2 is 1.05 bits per heavy atom. The molecule has 0 aliphatic carbocycles. The average Bonchev–Trinajstić information content (AvgIpc) is 2.44. The van der Waals surface area contributed by atoms with Crippen LogP contribution >= 0.6 is 0 Å². The number of hydrogen-bond acceptors (Lipinski definition) is 3. The monoisotopic (exact) mass is 256 g/mol. The van der Waals surface area contributed by atoms with Gasteiger partial charge in [-0.15, -0.1) is 0 Å². The van der Waals surface area contributed by atoms with E-state index in [1.54, 1.807) is 0 Å². The summed E-state index contributed by atoms with van der Waals surface area (Å²) in [6, 6.07) is 16.0. The van der Waals surface area contributed by atoms with Crippen LogP contribution in [0.5, 0.6) is 11.5 Å². The molecule has 2 aromatic carbocycles. The van der Waals surface area contributed by atoms with Gasteiger partial charge in [0.05, 0.1) is 0 Å². The summed E-state index contributed by atoms with van der Waals surface area (Å²) in [5.41, 5.74) is 2.22. The lowest BCUT2D eigenvalue weighted by Gasteiger charge is -2.08. The van der Waals surface area contributed by atoms with Crippen LogP contribution in [-0.4, -0.2) is 13.1 Å². The number of anilines is 2. The highest BCUT2D eigenvalue weighted by atomic mass is 16.5. The van der Waals surface area contributed by atoms with Crippen LogP contribution in [0.25, 0.3) is 0 Å². The Hall–Kier alpha value is -2.16. The summed E-state index contributed by atoms with van der Waals surface area (Å²) in [6.07, 6.45) is 0. The van der Waals surface area contributed by atoms with Crippen molar-refractivity contribution in [2.75, 3.05) is 23.7 Å². The lowest BCUT2D eigenvalue weighted by molar-refractivity contribution is 0.483. The summed E-state index contributed by atoms with van der Waals surface area (Å²) in [6.45, 7) is 6.00. The molecule has 0 spiro atoms. The molecule has 0 fully saturated rings. The highest BCUT2D eigenvalue weighted by molar-refractivity contribution is 5.49. The highest BCUT2D eigenvalue weighted by Crippen LogP contribution is 2.24. The standard InChI is InChI=1S/C16H20N2O/c1-3-17-13-5-9-15(10-6-13)19-16-11-7-14(8-12-16)18-4-2/h5-12,17-18H,3-4H2,1-2H3. The summed E-state index contributed by atoms with van der Waals surface area (Å²) in [5.74, 6) is 1.69. The fourth-order valence-electron chi connectivity index (χ4n) is 1.83. The molecule has 0 unspecified atom stereocenters. The molecule has 3 heteroatoms. The van der Waals surface area contributed by atoms with Crippen molar-refractivity contribution >= 4 is 11.4 Å². The Labute approximate surface area is 114 Å². The van der Waals surface area contributed by atoms with E-state index in [0.717, 1.165) is 36.0 Å². The molecule has 0 bridgehead atoms. The van der Waals surface area contributed by atoms with E-state index >= 15 is 0 Å². The van der Waals surface area contributed by atoms with E-state index in [1.807, 2.05) is 48.5 Å². The van der Waals surface area contributed by atoms with Gasteiger partial charge in [-0.25, -0.2) is 0 Å². The third-order valence-electron chi connectivity index (χ3n) is 2.71. The van der Waals surface area contributed by atoms with Gasteiger partial charge < -0.3 is 15.4 Å². The predicted octanol–water partition coefficient (Wildman–Crippen LogP) is 4.34. The van der Waals surface area contributed by atoms with E-state index in [-0.39, 0.29) is 0 Å². The van der Waals surface area contributed by atoms with Crippen molar-refractivity contribution in [2.24, 2.45) is 0 Å². The zero-order valence-electron chi connectivity index (χ0n) is 11.4. The van der Waals surface area contributed by atoms with Crippen LogP contribution in [0.4, 0.5) is 11.4 Å². The molecule has 100 valence electrons. The first-order chi connectivity index (χ1) is 9.31. The summed E-state index contributed by atoms with van der Waals surface area (Å²) >= 11 is 0. The van der Waals surface area contributed by atoms with Gasteiger partial charge in [0.15, 0.2) is 0 Å². The highest BCUT2D eigenvalue weighted by Gasteiger charge is 1.98. The lowest BCUT2D eigenvalue weighted by atomic mass is 10.3. The van der Waals surface area contributed by atoms with Gasteiger partial charge in [0.1, 0.15) is 11.5 Å². The minimum atomic E-state index is 0.845. The summed E-state index contributed by atoms with van der Waals surface area (Å²) in [7, 11) is 0. The van der Waals surface area contributed by atoms with Crippen LogP contribution in [0.15, 0.2) is 48.5 Å². The second-order valence-electron chi connectivity index (χ2n) is 4.21. The number of nitrogens with one attached hydrogen (secondary N) is 2. The maximum Gasteiger partial charge on any atom is 0.127 e. The zero-order valence-corrected chi connectivity index (χ0v) is 11.4. The Morgan fingerprint density at radius 1 is 0.684 bits per heavy atom. The van der Waals surface area contributed by atoms with Gasteiger partial charge in [-0.05, 0) is 62.4 Å². The molecule has 0 aromatic heterocycles. The maximum atomic E-state index is 5.79. The van der Waals surface area contributed by atoms with Gasteiger partial charge in [0.2, 0.25) is 0 Å². The van der Waals surface area contributed by atoms with Gasteiger partial charge in [0, 0.05) is 24.5 Å². The van der Waals surface area contributed by atoms with Crippen molar-refractivity contribution in [3.8, 4) is 11.5 Å². The number of ether oxygens (including phenoxy) is 1. The van der Waals surface area contributed by atoms with Crippen LogP contribution in [0.2, 0.25) is 0 Å². The van der Waals surface area contributed by atoms with E-state index in [1.165, 1.54) is 0 Å². The van der Waals surface area contributed by atoms with Crippen molar-refractivity contribution < 1.29 is 4.74 Å². The van der Waals surface area contributed by atoms with Gasteiger partial charge in [0.25, 0.3) is 0 Å². The van der Waals surface area contributed by atoms with Crippen molar-refractivity contribution in [3.05, 3.63) is 48.5 Å². The number of hydrogen-bond donors (Lipinski definition) is 2. The van der Waals surface area contributed by atoms with E-state index in [0.29, 0.717) is 0 Å². The molecule has 0 radical (unpaired) electrons. The van der Waals surface area contributed by atoms with Crippen LogP contribution in [0, 0.1) is 0 Å². The first-order valence-electron chi connectivity index (χ1n) is 6.67. The fourth-order valence-corrected chi connectivity index (χ4v) is 1.83. The maximum absolute atomic E-state index is 5.79. The lowest BCUT2D eigenvalue weighted by Crippen LogP contribution is -1.96. The quantitative estimate of drug-likeness (QED) is 0.806. The molecule has 0 saturated heterocycles. The summed E-state index contributed by atoms with van der Waals surface area (Å²) < 4.78 is 5.79. The molecule has 19 heavy (non-hydrogen) atoms. The van der Waals surface area contributed by atoms with E-state index < -0.39 is 0 Å². The molecule has 2 rings (SSSR count). The van der Waals surface area contributed by atoms with Crippen LogP contribution < -0.4 is 15.4 Å². The minimum absolute atomic E-state index is 0.845. The molecule has 0 aliphatic rings. The molecular formula is C16H20N2O. The second-order valence-corrected chi connectivity index (χ2v) is 4.21. The second kappa shape index (κ2) is 6.69. The number of rotatable bonds is 6. The van der Waals surface area contributed by atoms with Crippen molar-refractivity contribution in [3.63, 3.8) is 0 Å². The van der Waals surface area contributed by atoms with Gasteiger partial charge >= 0.3 is 0 Å². The van der Waals surface area contributed by atoms with E-state index in [9.17, 15) is 0 Å². The molecule has 0 heterocycles. The average molecular weight is 256 g/mol. The third-order valence-corrected chi connectivity index (χ3v) is 2.71. The molecule has 0 aliphatic heterocycles. The minimum Gasteiger partial charge on any atom is -0.457 e. The Bertz CT molecular complexity index is 444. The van der Waals surface area contributed by atoms with E-state index in [2.05, 4.69) is 24.5 Å². The van der Waals surface area contributed by atoms with Crippen molar-refractivity contribution in [1.82, 2.24) is 0 Å². The van der Waals surface area contributed by atoms with Crippen LogP contribution in [0.1, 0.15) is 13.8 Å². The molecule has 0 amide bonds. The fraction of sp³-hybridized carbons (Fsp3) is 0.250.